The second-order valence-corrected chi connectivity index (χ2v) is 11.4. The SMILES string of the molecule is CC(C)(O)NC(=O)c1ccc(N2C3CCC2CC(NC(=O)C(C)(C)Oc2ccc(Cl)cc2Cl)C3)nc1. The highest BCUT2D eigenvalue weighted by atomic mass is 35.5. The first-order chi connectivity index (χ1) is 16.8. The van der Waals surface area contributed by atoms with E-state index in [4.69, 9.17) is 27.9 Å². The number of aromatic nitrogens is 1. The molecular weight excluding hydrogens is 503 g/mol. The van der Waals surface area contributed by atoms with Gasteiger partial charge in [-0.2, -0.15) is 0 Å². The van der Waals surface area contributed by atoms with E-state index >= 15 is 0 Å². The summed E-state index contributed by atoms with van der Waals surface area (Å²) in [4.78, 5) is 32.2. The van der Waals surface area contributed by atoms with Gasteiger partial charge in [0.25, 0.3) is 11.8 Å². The minimum absolute atomic E-state index is 0.0200. The molecule has 0 saturated carbocycles. The number of rotatable bonds is 7. The second kappa shape index (κ2) is 10.1. The minimum Gasteiger partial charge on any atom is -0.476 e. The molecule has 36 heavy (non-hydrogen) atoms. The first-order valence-corrected chi connectivity index (χ1v) is 12.8. The first kappa shape index (κ1) is 26.5. The van der Waals surface area contributed by atoms with Gasteiger partial charge in [-0.15, -0.1) is 0 Å². The van der Waals surface area contributed by atoms with Crippen molar-refractivity contribution in [2.24, 2.45) is 0 Å². The van der Waals surface area contributed by atoms with Crippen molar-refractivity contribution in [3.05, 3.63) is 52.1 Å². The van der Waals surface area contributed by atoms with Crippen LogP contribution < -0.4 is 20.3 Å². The molecule has 2 aliphatic heterocycles. The van der Waals surface area contributed by atoms with E-state index in [0.717, 1.165) is 31.5 Å². The molecule has 2 amide bonds. The van der Waals surface area contributed by atoms with Crippen LogP contribution in [0.5, 0.6) is 5.75 Å². The number of halogens is 2. The van der Waals surface area contributed by atoms with Gasteiger partial charge in [-0.05, 0) is 83.7 Å². The van der Waals surface area contributed by atoms with E-state index < -0.39 is 11.3 Å². The number of pyridine rings is 1. The van der Waals surface area contributed by atoms with E-state index in [1.165, 1.54) is 20.0 Å². The Kier molecular flexibility index (Phi) is 7.42. The number of anilines is 1. The van der Waals surface area contributed by atoms with Crippen LogP contribution in [0.4, 0.5) is 5.82 Å². The number of carbonyl (C=O) groups is 2. The Balaban J connectivity index is 1.38. The highest BCUT2D eigenvalue weighted by molar-refractivity contribution is 6.35. The second-order valence-electron chi connectivity index (χ2n) is 10.5. The molecule has 4 rings (SSSR count). The van der Waals surface area contributed by atoms with Gasteiger partial charge >= 0.3 is 0 Å². The van der Waals surface area contributed by atoms with Gasteiger partial charge in [-0.1, -0.05) is 23.2 Å². The number of piperidine rings is 1. The van der Waals surface area contributed by atoms with Crippen molar-refractivity contribution in [2.45, 2.75) is 82.8 Å². The van der Waals surface area contributed by atoms with Gasteiger partial charge in [-0.3, -0.25) is 9.59 Å². The standard InChI is InChI=1S/C26H32Cl2N4O4/c1-25(2,36-21-9-6-16(27)11-20(21)28)24(34)30-17-12-18-7-8-19(13-17)32(18)22-10-5-15(14-29-22)23(33)31-26(3,4)35/h5-6,9-11,14,17-19,35H,7-8,12-13H2,1-4H3,(H,30,34)(H,31,33). The molecule has 0 radical (unpaired) electrons. The maximum atomic E-state index is 13.1. The number of fused-ring (bicyclic) bond motifs is 2. The van der Waals surface area contributed by atoms with Crippen LogP contribution >= 0.6 is 23.2 Å². The zero-order valence-electron chi connectivity index (χ0n) is 20.8. The van der Waals surface area contributed by atoms with Crippen LogP contribution in [0, 0.1) is 0 Å². The van der Waals surface area contributed by atoms with Gasteiger partial charge in [0.05, 0.1) is 10.6 Å². The molecule has 2 unspecified atom stereocenters. The average Bonchev–Trinajstić information content (AvgIpc) is 3.04. The Morgan fingerprint density at radius 2 is 1.75 bits per heavy atom. The number of nitrogens with one attached hydrogen (secondary N) is 2. The molecule has 2 atom stereocenters. The molecule has 3 heterocycles. The Labute approximate surface area is 221 Å². The monoisotopic (exact) mass is 534 g/mol. The number of nitrogens with zero attached hydrogens (tertiary/aromatic N) is 2. The van der Waals surface area contributed by atoms with Gasteiger partial charge in [-0.25, -0.2) is 4.98 Å². The van der Waals surface area contributed by atoms with Gasteiger partial charge in [0, 0.05) is 29.3 Å². The summed E-state index contributed by atoms with van der Waals surface area (Å²) in [5, 5.41) is 16.4. The number of carbonyl (C=O) groups excluding carboxylic acids is 2. The fraction of sp³-hybridized carbons (Fsp3) is 0.500. The van der Waals surface area contributed by atoms with E-state index in [1.54, 1.807) is 38.1 Å². The number of benzene rings is 1. The summed E-state index contributed by atoms with van der Waals surface area (Å²) in [6.45, 7) is 6.45. The lowest BCUT2D eigenvalue weighted by molar-refractivity contribution is -0.135. The van der Waals surface area contributed by atoms with Gasteiger partial charge < -0.3 is 25.4 Å². The Hall–Kier alpha value is -2.55. The van der Waals surface area contributed by atoms with Crippen LogP contribution in [-0.2, 0) is 4.79 Å². The van der Waals surface area contributed by atoms with E-state index in [2.05, 4.69) is 20.5 Å². The van der Waals surface area contributed by atoms with Crippen molar-refractivity contribution in [1.82, 2.24) is 15.6 Å². The third-order valence-corrected chi connectivity index (χ3v) is 7.10. The molecule has 1 aromatic carbocycles. The molecule has 194 valence electrons. The Morgan fingerprint density at radius 3 is 2.31 bits per heavy atom. The third-order valence-electron chi connectivity index (χ3n) is 6.57. The van der Waals surface area contributed by atoms with E-state index in [9.17, 15) is 14.7 Å². The van der Waals surface area contributed by atoms with Crippen molar-refractivity contribution in [3.63, 3.8) is 0 Å². The summed E-state index contributed by atoms with van der Waals surface area (Å²) in [5.74, 6) is 0.636. The topological polar surface area (TPSA) is 104 Å². The zero-order chi connectivity index (χ0) is 26.3. The molecule has 2 saturated heterocycles. The lowest BCUT2D eigenvalue weighted by Crippen LogP contribution is -2.55. The molecular formula is C26H32Cl2N4O4. The molecule has 2 bridgehead atoms. The van der Waals surface area contributed by atoms with E-state index in [-0.39, 0.29) is 29.9 Å². The molecule has 0 aliphatic carbocycles. The number of amides is 2. The van der Waals surface area contributed by atoms with E-state index in [0.29, 0.717) is 21.4 Å². The van der Waals surface area contributed by atoms with Gasteiger partial charge in [0.2, 0.25) is 0 Å². The van der Waals surface area contributed by atoms with Crippen LogP contribution in [0.25, 0.3) is 0 Å². The molecule has 0 spiro atoms. The van der Waals surface area contributed by atoms with Crippen molar-refractivity contribution < 1.29 is 19.4 Å². The molecule has 2 aliphatic rings. The molecule has 3 N–H and O–H groups in total. The summed E-state index contributed by atoms with van der Waals surface area (Å²) in [6, 6.07) is 8.98. The summed E-state index contributed by atoms with van der Waals surface area (Å²) in [5.41, 5.74) is -2.03. The Morgan fingerprint density at radius 1 is 1.08 bits per heavy atom. The normalized spacial score (nSPS) is 21.8. The molecule has 8 nitrogen and oxygen atoms in total. The summed E-state index contributed by atoms with van der Waals surface area (Å²) >= 11 is 12.2. The molecule has 2 aromatic rings. The maximum absolute atomic E-state index is 13.1. The summed E-state index contributed by atoms with van der Waals surface area (Å²) in [7, 11) is 0. The fourth-order valence-electron chi connectivity index (χ4n) is 4.93. The first-order valence-electron chi connectivity index (χ1n) is 12.1. The van der Waals surface area contributed by atoms with Gasteiger partial charge in [0.15, 0.2) is 5.60 Å². The fourth-order valence-corrected chi connectivity index (χ4v) is 5.38. The number of ether oxygens (including phenoxy) is 1. The van der Waals surface area contributed by atoms with Crippen LogP contribution in [0.15, 0.2) is 36.5 Å². The highest BCUT2D eigenvalue weighted by Gasteiger charge is 2.43. The summed E-state index contributed by atoms with van der Waals surface area (Å²) in [6.07, 6.45) is 5.15. The highest BCUT2D eigenvalue weighted by Crippen LogP contribution is 2.39. The number of hydrogen-bond acceptors (Lipinski definition) is 6. The number of aliphatic hydroxyl groups is 1. The number of hydrogen-bond donors (Lipinski definition) is 3. The van der Waals surface area contributed by atoms with E-state index in [1.807, 2.05) is 6.07 Å². The van der Waals surface area contributed by atoms with Crippen molar-refractivity contribution in [1.29, 1.82) is 0 Å². The molecule has 10 heteroatoms. The van der Waals surface area contributed by atoms with Crippen molar-refractivity contribution in [2.75, 3.05) is 4.90 Å². The van der Waals surface area contributed by atoms with Crippen LogP contribution in [-0.4, -0.2) is 51.4 Å². The third kappa shape index (κ3) is 6.05. The maximum Gasteiger partial charge on any atom is 0.263 e. The van der Waals surface area contributed by atoms with Crippen LogP contribution in [0.1, 0.15) is 63.7 Å². The summed E-state index contributed by atoms with van der Waals surface area (Å²) < 4.78 is 5.94. The van der Waals surface area contributed by atoms with Crippen molar-refractivity contribution in [3.8, 4) is 5.75 Å². The van der Waals surface area contributed by atoms with Crippen molar-refractivity contribution >= 4 is 40.8 Å². The minimum atomic E-state index is -1.30. The largest absolute Gasteiger partial charge is 0.476 e. The van der Waals surface area contributed by atoms with Crippen LogP contribution in [0.3, 0.4) is 0 Å². The van der Waals surface area contributed by atoms with Gasteiger partial charge in [0.1, 0.15) is 17.3 Å². The van der Waals surface area contributed by atoms with Crippen LogP contribution in [0.2, 0.25) is 10.0 Å². The predicted molar refractivity (Wildman–Crippen MR) is 140 cm³/mol. The molecule has 2 fully saturated rings. The molecule has 1 aromatic heterocycles. The average molecular weight is 535 g/mol. The Bertz CT molecular complexity index is 1120. The lowest BCUT2D eigenvalue weighted by atomic mass is 9.96. The lowest BCUT2D eigenvalue weighted by Gasteiger charge is -2.40. The predicted octanol–water partition coefficient (Wildman–Crippen LogP) is 4.32. The smallest absolute Gasteiger partial charge is 0.263 e. The zero-order valence-corrected chi connectivity index (χ0v) is 22.4. The quantitative estimate of drug-likeness (QED) is 0.457.